The second-order valence-corrected chi connectivity index (χ2v) is 8.30. The molecule has 11 heteroatoms. The first-order chi connectivity index (χ1) is 14.9. The monoisotopic (exact) mass is 481 g/mol. The molecule has 8 nitrogen and oxygen atoms in total. The highest BCUT2D eigenvalue weighted by atomic mass is 35.5. The summed E-state index contributed by atoms with van der Waals surface area (Å²) in [5.41, 5.74) is 1.55. The molecule has 2 aromatic carbocycles. The molecule has 0 aliphatic carbocycles. The van der Waals surface area contributed by atoms with Gasteiger partial charge in [-0.1, -0.05) is 41.0 Å². The lowest BCUT2D eigenvalue weighted by Crippen LogP contribution is -2.26. The fraction of sp³-hybridized carbons (Fsp3) is 0.200. The molecule has 3 rings (SSSR count). The average Bonchev–Trinajstić information content (AvgIpc) is 3.07. The second-order valence-electron chi connectivity index (χ2n) is 6.29. The number of halogens is 2. The molecule has 0 bridgehead atoms. The molecule has 0 unspecified atom stereocenters. The normalized spacial score (nSPS) is 17.2. The van der Waals surface area contributed by atoms with E-state index in [-0.39, 0.29) is 18.2 Å². The summed E-state index contributed by atoms with van der Waals surface area (Å²) in [6.45, 7) is 0.281. The average molecular weight is 482 g/mol. The molecule has 0 spiro atoms. The number of benzene rings is 2. The first-order valence-corrected chi connectivity index (χ1v) is 10.5. The van der Waals surface area contributed by atoms with Gasteiger partial charge in [-0.25, -0.2) is 0 Å². The fourth-order valence-corrected chi connectivity index (χ4v) is 3.80. The van der Waals surface area contributed by atoms with Crippen LogP contribution in [0.1, 0.15) is 17.5 Å². The molecular formula is C20H17Cl2N3O5S. The van der Waals surface area contributed by atoms with E-state index in [4.69, 9.17) is 37.8 Å². The Labute approximate surface area is 192 Å². The molecule has 162 valence electrons. The van der Waals surface area contributed by atoms with Gasteiger partial charge in [-0.3, -0.25) is 9.59 Å². The molecule has 1 aliphatic rings. The third-order valence-electron chi connectivity index (χ3n) is 4.06. The van der Waals surface area contributed by atoms with Crippen LogP contribution in [0.3, 0.4) is 0 Å². The van der Waals surface area contributed by atoms with E-state index in [0.29, 0.717) is 27.1 Å². The van der Waals surface area contributed by atoms with Crippen LogP contribution in [-0.4, -0.2) is 40.7 Å². The van der Waals surface area contributed by atoms with E-state index >= 15 is 0 Å². The Balaban J connectivity index is 1.63. The summed E-state index contributed by atoms with van der Waals surface area (Å²) in [6.07, 6.45) is 1.20. The van der Waals surface area contributed by atoms with Crippen LogP contribution in [-0.2, 0) is 16.2 Å². The molecule has 2 aromatic rings. The molecule has 2 N–H and O–H groups in total. The second kappa shape index (κ2) is 10.5. The van der Waals surface area contributed by atoms with E-state index in [1.807, 2.05) is 6.07 Å². The maximum Gasteiger partial charge on any atom is 0.305 e. The molecule has 0 radical (unpaired) electrons. The number of carbonyl (C=O) groups excluding carboxylic acids is 1. The first-order valence-electron chi connectivity index (χ1n) is 8.91. The van der Waals surface area contributed by atoms with Crippen molar-refractivity contribution in [2.45, 2.75) is 18.3 Å². The van der Waals surface area contributed by atoms with Crippen molar-refractivity contribution >= 4 is 58.2 Å². The van der Waals surface area contributed by atoms with Gasteiger partial charge >= 0.3 is 5.97 Å². The minimum Gasteiger partial charge on any atom is -0.493 e. The first kappa shape index (κ1) is 22.9. The molecular weight excluding hydrogens is 465 g/mol. The predicted molar refractivity (Wildman–Crippen MR) is 121 cm³/mol. The Morgan fingerprint density at radius 2 is 2.03 bits per heavy atom. The van der Waals surface area contributed by atoms with E-state index in [2.05, 4.69) is 15.5 Å². The zero-order valence-corrected chi connectivity index (χ0v) is 18.5. The number of carboxylic acids is 1. The van der Waals surface area contributed by atoms with E-state index in [1.165, 1.54) is 13.3 Å². The number of carboxylic acid groups (broad SMARTS) is 1. The van der Waals surface area contributed by atoms with Gasteiger partial charge < -0.3 is 19.9 Å². The summed E-state index contributed by atoms with van der Waals surface area (Å²) in [5.74, 6) is -0.411. The van der Waals surface area contributed by atoms with Crippen LogP contribution in [0.4, 0.5) is 0 Å². The maximum atomic E-state index is 11.7. The third-order valence-corrected chi connectivity index (χ3v) is 5.87. The van der Waals surface area contributed by atoms with Crippen molar-refractivity contribution in [3.63, 3.8) is 0 Å². The van der Waals surface area contributed by atoms with Gasteiger partial charge in [-0.05, 0) is 41.5 Å². The van der Waals surface area contributed by atoms with Crippen LogP contribution in [0.2, 0.25) is 10.0 Å². The van der Waals surface area contributed by atoms with Gasteiger partial charge in [0.2, 0.25) is 5.91 Å². The van der Waals surface area contributed by atoms with Crippen LogP contribution in [0.15, 0.2) is 46.6 Å². The summed E-state index contributed by atoms with van der Waals surface area (Å²) < 4.78 is 11.2. The predicted octanol–water partition coefficient (Wildman–Crippen LogP) is 3.98. The van der Waals surface area contributed by atoms with Crippen molar-refractivity contribution < 1.29 is 24.2 Å². The highest BCUT2D eigenvalue weighted by molar-refractivity contribution is 8.15. The number of rotatable bonds is 8. The number of hydrogen-bond acceptors (Lipinski definition) is 7. The highest BCUT2D eigenvalue weighted by Gasteiger charge is 2.32. The largest absolute Gasteiger partial charge is 0.493 e. The molecule has 31 heavy (non-hydrogen) atoms. The lowest BCUT2D eigenvalue weighted by atomic mass is 10.2. The summed E-state index contributed by atoms with van der Waals surface area (Å²) in [5, 5.41) is 19.6. The zero-order chi connectivity index (χ0) is 22.4. The highest BCUT2D eigenvalue weighted by Crippen LogP contribution is 2.29. The number of nitrogens with one attached hydrogen (secondary N) is 1. The third kappa shape index (κ3) is 6.36. The standard InChI is InChI=1S/C20H17Cl2N3O5S/c1-29-16-7-11(9-23-25-20-24-19(28)17(31-20)8-18(26)27)3-5-15(16)30-10-12-2-4-13(21)14(22)6-12/h2-7,9,17H,8,10H2,1H3,(H,26,27)(H,24,25,28)/b23-9-/t17-/m0/s1. The van der Waals surface area contributed by atoms with Crippen LogP contribution >= 0.6 is 35.0 Å². The lowest BCUT2D eigenvalue weighted by Gasteiger charge is -2.11. The van der Waals surface area contributed by atoms with E-state index in [1.54, 1.807) is 30.3 Å². The number of thioether (sulfide) groups is 1. The van der Waals surface area contributed by atoms with Gasteiger partial charge in [0.15, 0.2) is 16.7 Å². The SMILES string of the molecule is COc1cc(/C=N\N=C2\NC(=O)[C@H](CC(=O)O)S2)ccc1OCc1ccc(Cl)c(Cl)c1. The van der Waals surface area contributed by atoms with E-state index in [9.17, 15) is 9.59 Å². The zero-order valence-electron chi connectivity index (χ0n) is 16.2. The van der Waals surface area contributed by atoms with Gasteiger partial charge in [0.05, 0.1) is 29.8 Å². The number of amidine groups is 1. The van der Waals surface area contributed by atoms with E-state index < -0.39 is 17.1 Å². The van der Waals surface area contributed by atoms with E-state index in [0.717, 1.165) is 17.3 Å². The Morgan fingerprint density at radius 1 is 1.23 bits per heavy atom. The molecule has 0 saturated carbocycles. The van der Waals surface area contributed by atoms with Gasteiger partial charge in [0.1, 0.15) is 11.9 Å². The van der Waals surface area contributed by atoms with Gasteiger partial charge in [-0.15, -0.1) is 5.10 Å². The van der Waals surface area contributed by atoms with Gasteiger partial charge in [0, 0.05) is 0 Å². The topological polar surface area (TPSA) is 110 Å². The molecule has 0 aromatic heterocycles. The Morgan fingerprint density at radius 3 is 2.74 bits per heavy atom. The summed E-state index contributed by atoms with van der Waals surface area (Å²) in [6, 6.07) is 10.5. The minimum atomic E-state index is -1.05. The smallest absolute Gasteiger partial charge is 0.305 e. The van der Waals surface area contributed by atoms with Crippen molar-refractivity contribution in [1.29, 1.82) is 0 Å². The van der Waals surface area contributed by atoms with Crippen LogP contribution < -0.4 is 14.8 Å². The lowest BCUT2D eigenvalue weighted by molar-refractivity contribution is -0.138. The molecule has 1 fully saturated rings. The van der Waals surface area contributed by atoms with Crippen molar-refractivity contribution in [3.8, 4) is 11.5 Å². The van der Waals surface area contributed by atoms with Crippen LogP contribution in [0, 0.1) is 0 Å². The van der Waals surface area contributed by atoms with Crippen molar-refractivity contribution in [2.24, 2.45) is 10.2 Å². The number of nitrogens with zero attached hydrogens (tertiary/aromatic N) is 2. The van der Waals surface area contributed by atoms with Gasteiger partial charge in [-0.2, -0.15) is 5.10 Å². The maximum absolute atomic E-state index is 11.7. The molecule has 1 aliphatic heterocycles. The van der Waals surface area contributed by atoms with Gasteiger partial charge in [0.25, 0.3) is 0 Å². The molecule has 1 amide bonds. The van der Waals surface area contributed by atoms with Crippen LogP contribution in [0.5, 0.6) is 11.5 Å². The van der Waals surface area contributed by atoms with Crippen molar-refractivity contribution in [2.75, 3.05) is 7.11 Å². The summed E-state index contributed by atoms with van der Waals surface area (Å²) >= 11 is 13.0. The molecule has 1 atom stereocenters. The number of ether oxygens (including phenoxy) is 2. The Kier molecular flexibility index (Phi) is 7.78. The number of methoxy groups -OCH3 is 1. The number of carbonyl (C=O) groups is 2. The van der Waals surface area contributed by atoms with Crippen molar-refractivity contribution in [1.82, 2.24) is 5.32 Å². The fourth-order valence-electron chi connectivity index (χ4n) is 2.57. The van der Waals surface area contributed by atoms with Crippen molar-refractivity contribution in [3.05, 3.63) is 57.6 Å². The Hall–Kier alpha value is -2.75. The molecule has 1 heterocycles. The number of hydrogen-bond donors (Lipinski definition) is 2. The quantitative estimate of drug-likeness (QED) is 0.435. The van der Waals surface area contributed by atoms with Crippen LogP contribution in [0.25, 0.3) is 0 Å². The number of aliphatic carboxylic acids is 1. The Bertz CT molecular complexity index is 1060. The summed E-state index contributed by atoms with van der Waals surface area (Å²) in [4.78, 5) is 22.5. The number of amides is 1. The minimum absolute atomic E-state index is 0.251. The summed E-state index contributed by atoms with van der Waals surface area (Å²) in [7, 11) is 1.52. The molecule has 1 saturated heterocycles.